The lowest BCUT2D eigenvalue weighted by Crippen LogP contribution is -2.34. The third kappa shape index (κ3) is 3.01. The van der Waals surface area contributed by atoms with E-state index in [1.807, 2.05) is 5.38 Å². The smallest absolute Gasteiger partial charge is 0.207 e. The lowest BCUT2D eigenvalue weighted by molar-refractivity contribution is 0.332. The van der Waals surface area contributed by atoms with E-state index in [1.54, 1.807) is 33.8 Å². The Labute approximate surface area is 155 Å². The Kier molecular flexibility index (Phi) is 4.61. The van der Waals surface area contributed by atoms with Gasteiger partial charge < -0.3 is 0 Å². The summed E-state index contributed by atoms with van der Waals surface area (Å²) in [4.78, 5) is 1.44. The van der Waals surface area contributed by atoms with E-state index in [2.05, 4.69) is 21.7 Å². The first-order valence-electron chi connectivity index (χ1n) is 8.36. The first-order chi connectivity index (χ1) is 12.1. The van der Waals surface area contributed by atoms with Crippen molar-refractivity contribution in [3.63, 3.8) is 0 Å². The molecule has 1 fully saturated rings. The molecule has 132 valence electrons. The van der Waals surface area contributed by atoms with Crippen LogP contribution in [-0.2, 0) is 10.0 Å². The van der Waals surface area contributed by atoms with Crippen LogP contribution in [0.15, 0.2) is 34.5 Å². The van der Waals surface area contributed by atoms with Gasteiger partial charge >= 0.3 is 0 Å². The average molecular weight is 394 g/mol. The minimum atomic E-state index is -3.63. The monoisotopic (exact) mass is 393 g/mol. The molecule has 3 aromatic rings. The second-order valence-electron chi connectivity index (χ2n) is 6.34. The van der Waals surface area contributed by atoms with E-state index < -0.39 is 10.0 Å². The molecule has 0 N–H and O–H groups in total. The second kappa shape index (κ2) is 6.75. The van der Waals surface area contributed by atoms with Gasteiger partial charge in [0.15, 0.2) is 0 Å². The van der Waals surface area contributed by atoms with E-state index in [4.69, 9.17) is 0 Å². The molecule has 0 spiro atoms. The molecule has 0 bridgehead atoms. The number of nitrogens with zero attached hydrogens (tertiary/aromatic N) is 3. The van der Waals surface area contributed by atoms with Crippen LogP contribution in [0.5, 0.6) is 0 Å². The van der Waals surface area contributed by atoms with Crippen molar-refractivity contribution in [3.05, 3.63) is 40.1 Å². The van der Waals surface area contributed by atoms with E-state index in [-0.39, 0.29) is 10.9 Å². The number of sulfonamides is 1. The zero-order valence-corrected chi connectivity index (χ0v) is 16.3. The number of aromatic nitrogens is 2. The summed E-state index contributed by atoms with van der Waals surface area (Å²) in [6.45, 7) is 2.62. The Morgan fingerprint density at radius 1 is 1.16 bits per heavy atom. The van der Waals surface area contributed by atoms with Gasteiger partial charge in [0.25, 0.3) is 0 Å². The Bertz CT molecular complexity index is 993. The first kappa shape index (κ1) is 17.1. The Balaban J connectivity index is 1.84. The van der Waals surface area contributed by atoms with Gasteiger partial charge in [-0.1, -0.05) is 18.9 Å². The van der Waals surface area contributed by atoms with Crippen LogP contribution in [-0.4, -0.2) is 28.0 Å². The summed E-state index contributed by atoms with van der Waals surface area (Å²) in [5.74, 6) is 0. The molecular formula is C17H19N3O2S3. The van der Waals surface area contributed by atoms with Gasteiger partial charge in [0.1, 0.15) is 15.9 Å². The maximum atomic E-state index is 13.5. The normalized spacial score (nSPS) is 20.0. The highest BCUT2D eigenvalue weighted by atomic mass is 32.2. The van der Waals surface area contributed by atoms with Crippen molar-refractivity contribution >= 4 is 44.1 Å². The molecule has 3 heterocycles. The van der Waals surface area contributed by atoms with E-state index in [0.29, 0.717) is 17.6 Å². The minimum absolute atomic E-state index is 0.0886. The number of hydrogen-bond donors (Lipinski definition) is 0. The molecule has 2 aromatic heterocycles. The zero-order chi connectivity index (χ0) is 17.4. The van der Waals surface area contributed by atoms with Crippen molar-refractivity contribution in [1.82, 2.24) is 13.1 Å². The molecule has 0 radical (unpaired) electrons. The van der Waals surface area contributed by atoms with Gasteiger partial charge in [0.05, 0.1) is 17.8 Å². The summed E-state index contributed by atoms with van der Waals surface area (Å²) in [7, 11) is -3.63. The van der Waals surface area contributed by atoms with E-state index in [9.17, 15) is 8.42 Å². The van der Waals surface area contributed by atoms with Crippen molar-refractivity contribution in [3.8, 4) is 0 Å². The number of rotatable bonds is 3. The molecule has 25 heavy (non-hydrogen) atoms. The summed E-state index contributed by atoms with van der Waals surface area (Å²) < 4.78 is 37.2. The second-order valence-corrected chi connectivity index (χ2v) is 9.67. The minimum Gasteiger partial charge on any atom is -0.207 e. The average Bonchev–Trinajstić information content (AvgIpc) is 3.17. The maximum absolute atomic E-state index is 13.5. The largest absolute Gasteiger partial charge is 0.245 e. The van der Waals surface area contributed by atoms with Crippen LogP contribution in [0.1, 0.15) is 42.2 Å². The molecule has 0 unspecified atom stereocenters. The van der Waals surface area contributed by atoms with Gasteiger partial charge in [-0.15, -0.1) is 11.3 Å². The molecule has 0 amide bonds. The highest BCUT2D eigenvalue weighted by Crippen LogP contribution is 2.39. The van der Waals surface area contributed by atoms with Crippen molar-refractivity contribution in [2.45, 2.75) is 43.5 Å². The van der Waals surface area contributed by atoms with E-state index in [1.165, 1.54) is 5.56 Å². The molecule has 1 aromatic carbocycles. The van der Waals surface area contributed by atoms with Crippen molar-refractivity contribution in [2.24, 2.45) is 0 Å². The van der Waals surface area contributed by atoms with Crippen molar-refractivity contribution < 1.29 is 8.42 Å². The molecule has 0 saturated carbocycles. The standard InChI is InChI=1S/C17H19N3O2S3/c1-12-9-11-23-17(12)14-7-3-2-4-10-20(14)25(21,22)15-8-5-6-13-16(15)19-24-18-13/h5-6,8-9,11,14H,2-4,7,10H2,1H3/t14-/m1/s1. The lowest BCUT2D eigenvalue weighted by Gasteiger charge is -2.29. The molecule has 4 rings (SSSR count). The van der Waals surface area contributed by atoms with Gasteiger partial charge in [-0.25, -0.2) is 8.42 Å². The van der Waals surface area contributed by atoms with Gasteiger partial charge in [0.2, 0.25) is 10.0 Å². The van der Waals surface area contributed by atoms with E-state index in [0.717, 1.165) is 42.3 Å². The Hall–Kier alpha value is -1.35. The summed E-state index contributed by atoms with van der Waals surface area (Å²) in [6, 6.07) is 7.19. The quantitative estimate of drug-likeness (QED) is 0.663. The van der Waals surface area contributed by atoms with Crippen LogP contribution in [0, 0.1) is 6.92 Å². The van der Waals surface area contributed by atoms with E-state index >= 15 is 0 Å². The van der Waals surface area contributed by atoms with Gasteiger partial charge in [0, 0.05) is 11.4 Å². The van der Waals surface area contributed by atoms with Crippen molar-refractivity contribution in [1.29, 1.82) is 0 Å². The number of fused-ring (bicyclic) bond motifs is 1. The highest BCUT2D eigenvalue weighted by molar-refractivity contribution is 7.89. The number of aryl methyl sites for hydroxylation is 1. The first-order valence-corrected chi connectivity index (χ1v) is 11.4. The summed E-state index contributed by atoms with van der Waals surface area (Å²) in [6.07, 6.45) is 3.88. The molecule has 5 nitrogen and oxygen atoms in total. The van der Waals surface area contributed by atoms with Crippen LogP contribution in [0.25, 0.3) is 11.0 Å². The molecule has 0 aliphatic carbocycles. The maximum Gasteiger partial charge on any atom is 0.245 e. The van der Waals surface area contributed by atoms with Crippen LogP contribution >= 0.6 is 23.1 Å². The Morgan fingerprint density at radius 3 is 2.84 bits per heavy atom. The Morgan fingerprint density at radius 2 is 2.04 bits per heavy atom. The molecular weight excluding hydrogens is 374 g/mol. The summed E-state index contributed by atoms with van der Waals surface area (Å²) in [5.41, 5.74) is 2.30. The predicted molar refractivity (Wildman–Crippen MR) is 102 cm³/mol. The van der Waals surface area contributed by atoms with Crippen LogP contribution in [0.2, 0.25) is 0 Å². The lowest BCUT2D eigenvalue weighted by atomic mass is 10.1. The molecule has 1 aliphatic rings. The van der Waals surface area contributed by atoms with Crippen LogP contribution in [0.3, 0.4) is 0 Å². The fourth-order valence-electron chi connectivity index (χ4n) is 3.47. The summed E-state index contributed by atoms with van der Waals surface area (Å²) in [5, 5.41) is 2.05. The van der Waals surface area contributed by atoms with Crippen LogP contribution in [0.4, 0.5) is 0 Å². The van der Waals surface area contributed by atoms with Gasteiger partial charge in [-0.2, -0.15) is 13.1 Å². The van der Waals surface area contributed by atoms with Crippen molar-refractivity contribution in [2.75, 3.05) is 6.54 Å². The summed E-state index contributed by atoms with van der Waals surface area (Å²) >= 11 is 2.71. The SMILES string of the molecule is Cc1ccsc1[C@H]1CCCCCN1S(=O)(=O)c1cccc2nsnc12. The number of benzene rings is 1. The molecule has 8 heteroatoms. The van der Waals surface area contributed by atoms with Gasteiger partial charge in [-0.3, -0.25) is 0 Å². The topological polar surface area (TPSA) is 63.2 Å². The zero-order valence-electron chi connectivity index (χ0n) is 13.9. The number of hydrogen-bond acceptors (Lipinski definition) is 6. The third-order valence-electron chi connectivity index (χ3n) is 4.74. The number of thiophene rings is 1. The molecule has 1 aliphatic heterocycles. The third-order valence-corrected chi connectivity index (χ3v) is 8.35. The predicted octanol–water partition coefficient (Wildman–Crippen LogP) is 4.37. The molecule has 1 saturated heterocycles. The van der Waals surface area contributed by atoms with Crippen LogP contribution < -0.4 is 0 Å². The fourth-order valence-corrected chi connectivity index (χ4v) is 7.04. The molecule has 1 atom stereocenters. The highest BCUT2D eigenvalue weighted by Gasteiger charge is 2.36. The fraction of sp³-hybridized carbons (Fsp3) is 0.412. The van der Waals surface area contributed by atoms with Gasteiger partial charge in [-0.05, 0) is 48.9 Å².